The minimum atomic E-state index is -0.575. The predicted octanol–water partition coefficient (Wildman–Crippen LogP) is 3.94. The van der Waals surface area contributed by atoms with Gasteiger partial charge in [-0.05, 0) is 59.5 Å². The lowest BCUT2D eigenvalue weighted by molar-refractivity contribution is -0.152. The third-order valence-electron chi connectivity index (χ3n) is 4.51. The molecule has 2 fully saturated rings. The zero-order valence-electron chi connectivity index (χ0n) is 9.49. The number of hydrogen-bond acceptors (Lipinski definition) is 2. The van der Waals surface area contributed by atoms with Crippen molar-refractivity contribution in [3.05, 3.63) is 20.8 Å². The topological polar surface area (TPSA) is 37.3 Å². The zero-order valence-corrected chi connectivity index (χ0v) is 11.9. The van der Waals surface area contributed by atoms with Crippen molar-refractivity contribution in [2.24, 2.45) is 17.3 Å². The van der Waals surface area contributed by atoms with Crippen LogP contribution in [0.15, 0.2) is 15.9 Å². The minimum absolute atomic E-state index is 0.408. The lowest BCUT2D eigenvalue weighted by Gasteiger charge is -2.33. The number of halogens is 1. The summed E-state index contributed by atoms with van der Waals surface area (Å²) in [5.74, 6) is 0.500. The second-order valence-corrected chi connectivity index (χ2v) is 7.36. The van der Waals surface area contributed by atoms with E-state index in [1.54, 1.807) is 11.3 Å². The van der Waals surface area contributed by atoms with Gasteiger partial charge in [-0.1, -0.05) is 6.42 Å². The summed E-state index contributed by atoms with van der Waals surface area (Å²) in [4.78, 5) is 12.9. The van der Waals surface area contributed by atoms with E-state index in [1.165, 1.54) is 11.3 Å². The first kappa shape index (κ1) is 11.7. The van der Waals surface area contributed by atoms with Crippen LogP contribution in [0.5, 0.6) is 0 Å². The zero-order chi connectivity index (χ0) is 12.0. The van der Waals surface area contributed by atoms with Crippen molar-refractivity contribution >= 4 is 33.2 Å². The average molecular weight is 315 g/mol. The van der Waals surface area contributed by atoms with E-state index < -0.39 is 11.4 Å². The molecule has 1 N–H and O–H groups in total. The summed E-state index contributed by atoms with van der Waals surface area (Å²) in [5, 5.41) is 11.7. The minimum Gasteiger partial charge on any atom is -0.481 e. The van der Waals surface area contributed by atoms with Crippen LogP contribution >= 0.6 is 27.3 Å². The first-order valence-electron chi connectivity index (χ1n) is 6.06. The van der Waals surface area contributed by atoms with E-state index in [2.05, 4.69) is 22.0 Å². The predicted molar refractivity (Wildman–Crippen MR) is 71.2 cm³/mol. The third-order valence-corrected chi connectivity index (χ3v) is 6.21. The Bertz CT molecular complexity index is 456. The largest absolute Gasteiger partial charge is 0.481 e. The van der Waals surface area contributed by atoms with Crippen LogP contribution in [-0.4, -0.2) is 11.1 Å². The first-order valence-corrected chi connectivity index (χ1v) is 7.74. The molecule has 0 radical (unpaired) electrons. The Balaban J connectivity index is 1.89. The van der Waals surface area contributed by atoms with Gasteiger partial charge < -0.3 is 5.11 Å². The highest BCUT2D eigenvalue weighted by molar-refractivity contribution is 9.10. The molecule has 92 valence electrons. The van der Waals surface area contributed by atoms with Gasteiger partial charge in [0.2, 0.25) is 0 Å². The number of aliphatic carboxylic acids is 1. The van der Waals surface area contributed by atoms with E-state index in [0.717, 1.165) is 30.2 Å². The van der Waals surface area contributed by atoms with Gasteiger partial charge in [-0.15, -0.1) is 11.3 Å². The van der Waals surface area contributed by atoms with E-state index in [0.29, 0.717) is 11.8 Å². The molecule has 2 bridgehead atoms. The molecule has 2 saturated carbocycles. The lowest BCUT2D eigenvalue weighted by atomic mass is 9.70. The van der Waals surface area contributed by atoms with Crippen molar-refractivity contribution in [1.82, 2.24) is 0 Å². The highest BCUT2D eigenvalue weighted by Crippen LogP contribution is 2.57. The van der Waals surface area contributed by atoms with Crippen molar-refractivity contribution in [2.45, 2.75) is 32.1 Å². The average Bonchev–Trinajstić information content (AvgIpc) is 2.94. The molecule has 1 aromatic heterocycles. The molecule has 0 spiro atoms. The van der Waals surface area contributed by atoms with E-state index >= 15 is 0 Å². The van der Waals surface area contributed by atoms with Gasteiger partial charge in [-0.3, -0.25) is 4.79 Å². The molecule has 2 nitrogen and oxygen atoms in total. The van der Waals surface area contributed by atoms with E-state index in [-0.39, 0.29) is 0 Å². The highest BCUT2D eigenvalue weighted by Gasteiger charge is 2.55. The summed E-state index contributed by atoms with van der Waals surface area (Å²) in [6.45, 7) is 0. The molecule has 2 aliphatic rings. The van der Waals surface area contributed by atoms with Crippen molar-refractivity contribution in [2.75, 3.05) is 0 Å². The van der Waals surface area contributed by atoms with Crippen LogP contribution in [0.25, 0.3) is 0 Å². The Morgan fingerprint density at radius 3 is 2.88 bits per heavy atom. The Hall–Kier alpha value is -0.350. The number of thiophene rings is 1. The molecule has 0 aliphatic heterocycles. The second-order valence-electron chi connectivity index (χ2n) is 5.45. The summed E-state index contributed by atoms with van der Waals surface area (Å²) in [6, 6.07) is 2.07. The van der Waals surface area contributed by atoms with Gasteiger partial charge in [-0.25, -0.2) is 0 Å². The van der Waals surface area contributed by atoms with Gasteiger partial charge in [0.15, 0.2) is 0 Å². The maximum Gasteiger partial charge on any atom is 0.310 e. The van der Waals surface area contributed by atoms with Crippen molar-refractivity contribution in [3.63, 3.8) is 0 Å². The van der Waals surface area contributed by atoms with Gasteiger partial charge in [-0.2, -0.15) is 0 Å². The number of carboxylic acids is 1. The van der Waals surface area contributed by atoms with Gasteiger partial charge in [0.05, 0.1) is 5.41 Å². The molecule has 0 amide bonds. The molecule has 3 unspecified atom stereocenters. The Kier molecular flexibility index (Phi) is 2.82. The maximum atomic E-state index is 11.7. The Morgan fingerprint density at radius 1 is 1.59 bits per heavy atom. The number of carbonyl (C=O) groups is 1. The molecule has 0 aromatic carbocycles. The van der Waals surface area contributed by atoms with Gasteiger partial charge in [0, 0.05) is 14.7 Å². The number of rotatable bonds is 3. The maximum absolute atomic E-state index is 11.7. The van der Waals surface area contributed by atoms with Crippen LogP contribution in [0, 0.1) is 17.3 Å². The molecule has 3 rings (SSSR count). The quantitative estimate of drug-likeness (QED) is 0.917. The van der Waals surface area contributed by atoms with Crippen molar-refractivity contribution in [1.29, 1.82) is 0 Å². The molecule has 2 aliphatic carbocycles. The van der Waals surface area contributed by atoms with Crippen LogP contribution in [0.2, 0.25) is 0 Å². The smallest absolute Gasteiger partial charge is 0.310 e. The fourth-order valence-corrected chi connectivity index (χ4v) is 5.33. The molecule has 1 aromatic rings. The van der Waals surface area contributed by atoms with Gasteiger partial charge in [0.1, 0.15) is 0 Å². The summed E-state index contributed by atoms with van der Waals surface area (Å²) in [7, 11) is 0. The fourth-order valence-electron chi connectivity index (χ4n) is 3.76. The van der Waals surface area contributed by atoms with Crippen molar-refractivity contribution < 1.29 is 9.90 Å². The summed E-state index contributed by atoms with van der Waals surface area (Å²) >= 11 is 5.11. The fraction of sp³-hybridized carbons (Fsp3) is 0.615. The van der Waals surface area contributed by atoms with Gasteiger partial charge in [0.25, 0.3) is 0 Å². The summed E-state index contributed by atoms with van der Waals surface area (Å²) in [6.07, 6.45) is 5.11. The first-order chi connectivity index (χ1) is 8.10. The van der Waals surface area contributed by atoms with Crippen molar-refractivity contribution in [3.8, 4) is 0 Å². The highest BCUT2D eigenvalue weighted by atomic mass is 79.9. The standard InChI is InChI=1S/C13H15BrO2S/c14-10-4-11(17-7-10)6-13(12(15)16)5-8-1-2-9(13)3-8/h4,7-9H,1-3,5-6H2,(H,15,16). The van der Waals surface area contributed by atoms with Crippen LogP contribution in [0.3, 0.4) is 0 Å². The number of carboxylic acid groups (broad SMARTS) is 1. The van der Waals surface area contributed by atoms with Crippen LogP contribution in [-0.2, 0) is 11.2 Å². The normalized spacial score (nSPS) is 35.4. The molecule has 17 heavy (non-hydrogen) atoms. The van der Waals surface area contributed by atoms with Crippen LogP contribution < -0.4 is 0 Å². The Labute approximate surface area is 113 Å². The molecule has 4 heteroatoms. The molecule has 0 saturated heterocycles. The molecule has 3 atom stereocenters. The summed E-state index contributed by atoms with van der Waals surface area (Å²) < 4.78 is 1.07. The molecular weight excluding hydrogens is 300 g/mol. The molecular formula is C13H15BrO2S. The summed E-state index contributed by atoms with van der Waals surface area (Å²) in [5.41, 5.74) is -0.465. The van der Waals surface area contributed by atoms with E-state index in [9.17, 15) is 9.90 Å². The Morgan fingerprint density at radius 2 is 2.41 bits per heavy atom. The second kappa shape index (κ2) is 4.09. The van der Waals surface area contributed by atoms with Gasteiger partial charge >= 0.3 is 5.97 Å². The number of fused-ring (bicyclic) bond motifs is 2. The van der Waals surface area contributed by atoms with E-state index in [1.807, 2.05) is 5.38 Å². The third kappa shape index (κ3) is 1.85. The van der Waals surface area contributed by atoms with E-state index in [4.69, 9.17) is 0 Å². The van der Waals surface area contributed by atoms with Crippen LogP contribution in [0.4, 0.5) is 0 Å². The number of hydrogen-bond donors (Lipinski definition) is 1. The van der Waals surface area contributed by atoms with Crippen LogP contribution in [0.1, 0.15) is 30.6 Å². The SMILES string of the molecule is O=C(O)C1(Cc2cc(Br)cs2)CC2CCC1C2. The monoisotopic (exact) mass is 314 g/mol. The lowest BCUT2D eigenvalue weighted by Crippen LogP contribution is -2.38. The molecule has 1 heterocycles.